The van der Waals surface area contributed by atoms with Gasteiger partial charge in [0.1, 0.15) is 0 Å². The molecule has 0 fully saturated rings. The Morgan fingerprint density at radius 3 is 2.77 bits per heavy atom. The normalized spacial score (nSPS) is 11.7. The number of methoxy groups -OCH3 is 1. The van der Waals surface area contributed by atoms with Crippen molar-refractivity contribution >= 4 is 11.6 Å². The highest BCUT2D eigenvalue weighted by atomic mass is 35.5. The standard InChI is InChI=1S/C10H14ClNO/c1-10(2,13-3)7-9-6-8(11)4-5-12-9/h4-6H,7H2,1-3H3. The summed E-state index contributed by atoms with van der Waals surface area (Å²) < 4.78 is 5.30. The van der Waals surface area contributed by atoms with Gasteiger partial charge in [0.15, 0.2) is 0 Å². The van der Waals surface area contributed by atoms with Crippen LogP contribution < -0.4 is 0 Å². The first-order valence-electron chi connectivity index (χ1n) is 4.19. The Hall–Kier alpha value is -0.600. The first-order chi connectivity index (χ1) is 6.03. The van der Waals surface area contributed by atoms with Crippen LogP contribution in [0.4, 0.5) is 0 Å². The fourth-order valence-corrected chi connectivity index (χ4v) is 1.24. The minimum Gasteiger partial charge on any atom is -0.378 e. The summed E-state index contributed by atoms with van der Waals surface area (Å²) in [6.45, 7) is 4.05. The van der Waals surface area contributed by atoms with E-state index in [1.54, 1.807) is 19.4 Å². The fraction of sp³-hybridized carbons (Fsp3) is 0.500. The highest BCUT2D eigenvalue weighted by Gasteiger charge is 2.17. The number of pyridine rings is 1. The molecule has 0 bridgehead atoms. The Morgan fingerprint density at radius 1 is 1.54 bits per heavy atom. The molecule has 1 aromatic rings. The van der Waals surface area contributed by atoms with Crippen LogP contribution in [0.25, 0.3) is 0 Å². The molecule has 0 amide bonds. The van der Waals surface area contributed by atoms with Gasteiger partial charge in [-0.15, -0.1) is 0 Å². The van der Waals surface area contributed by atoms with E-state index in [0.29, 0.717) is 0 Å². The minimum atomic E-state index is -0.183. The lowest BCUT2D eigenvalue weighted by Gasteiger charge is -2.22. The zero-order valence-electron chi connectivity index (χ0n) is 8.17. The molecule has 0 spiro atoms. The minimum absolute atomic E-state index is 0.183. The molecule has 72 valence electrons. The Bertz CT molecular complexity index is 286. The molecular formula is C10H14ClNO. The van der Waals surface area contributed by atoms with Crippen molar-refractivity contribution in [3.63, 3.8) is 0 Å². The predicted octanol–water partition coefficient (Wildman–Crippen LogP) is 2.70. The van der Waals surface area contributed by atoms with E-state index in [1.807, 2.05) is 19.9 Å². The largest absolute Gasteiger partial charge is 0.378 e. The predicted molar refractivity (Wildman–Crippen MR) is 54.0 cm³/mol. The molecule has 2 nitrogen and oxygen atoms in total. The summed E-state index contributed by atoms with van der Waals surface area (Å²) in [5.41, 5.74) is 0.775. The summed E-state index contributed by atoms with van der Waals surface area (Å²) in [4.78, 5) is 4.21. The molecule has 0 aliphatic carbocycles. The van der Waals surface area contributed by atoms with Gasteiger partial charge < -0.3 is 4.74 Å². The number of ether oxygens (including phenoxy) is 1. The van der Waals surface area contributed by atoms with Gasteiger partial charge in [0.2, 0.25) is 0 Å². The molecular weight excluding hydrogens is 186 g/mol. The Labute approximate surface area is 83.9 Å². The van der Waals surface area contributed by atoms with Crippen molar-refractivity contribution in [2.45, 2.75) is 25.9 Å². The van der Waals surface area contributed by atoms with Crippen LogP contribution in [-0.4, -0.2) is 17.7 Å². The van der Waals surface area contributed by atoms with Gasteiger partial charge >= 0.3 is 0 Å². The van der Waals surface area contributed by atoms with Crippen molar-refractivity contribution < 1.29 is 4.74 Å². The van der Waals surface area contributed by atoms with Crippen LogP contribution in [0.1, 0.15) is 19.5 Å². The molecule has 0 unspecified atom stereocenters. The van der Waals surface area contributed by atoms with Gasteiger partial charge in [0, 0.05) is 30.4 Å². The molecule has 0 atom stereocenters. The summed E-state index contributed by atoms with van der Waals surface area (Å²) >= 11 is 5.84. The van der Waals surface area contributed by atoms with Crippen LogP contribution in [0.15, 0.2) is 18.3 Å². The molecule has 0 aromatic carbocycles. The van der Waals surface area contributed by atoms with Crippen LogP contribution in [0.5, 0.6) is 0 Å². The molecule has 1 aromatic heterocycles. The maximum atomic E-state index is 5.84. The highest BCUT2D eigenvalue weighted by molar-refractivity contribution is 6.30. The summed E-state index contributed by atoms with van der Waals surface area (Å²) in [5.74, 6) is 0. The van der Waals surface area contributed by atoms with Gasteiger partial charge in [-0.25, -0.2) is 0 Å². The SMILES string of the molecule is COC(C)(C)Cc1cc(Cl)ccn1. The van der Waals surface area contributed by atoms with Crippen molar-refractivity contribution in [2.24, 2.45) is 0 Å². The Balaban J connectivity index is 2.74. The monoisotopic (exact) mass is 199 g/mol. The third-order valence-electron chi connectivity index (χ3n) is 1.94. The molecule has 1 rings (SSSR count). The molecule has 0 saturated carbocycles. The molecule has 0 aliphatic heterocycles. The maximum Gasteiger partial charge on any atom is 0.0678 e. The number of halogens is 1. The van der Waals surface area contributed by atoms with E-state index in [0.717, 1.165) is 17.1 Å². The van der Waals surface area contributed by atoms with Gasteiger partial charge in [-0.1, -0.05) is 11.6 Å². The Morgan fingerprint density at radius 2 is 2.23 bits per heavy atom. The highest BCUT2D eigenvalue weighted by Crippen LogP contribution is 2.16. The summed E-state index contributed by atoms with van der Waals surface area (Å²) in [7, 11) is 1.70. The van der Waals surface area contributed by atoms with Crippen molar-refractivity contribution in [2.75, 3.05) is 7.11 Å². The molecule has 0 radical (unpaired) electrons. The zero-order valence-corrected chi connectivity index (χ0v) is 8.93. The lowest BCUT2D eigenvalue weighted by molar-refractivity contribution is 0.0224. The summed E-state index contributed by atoms with van der Waals surface area (Å²) in [6.07, 6.45) is 2.48. The number of nitrogens with zero attached hydrogens (tertiary/aromatic N) is 1. The van der Waals surface area contributed by atoms with Crippen molar-refractivity contribution in [3.05, 3.63) is 29.0 Å². The smallest absolute Gasteiger partial charge is 0.0678 e. The molecule has 0 aliphatic rings. The number of aromatic nitrogens is 1. The van der Waals surface area contributed by atoms with E-state index >= 15 is 0 Å². The van der Waals surface area contributed by atoms with Gasteiger partial charge in [0.25, 0.3) is 0 Å². The van der Waals surface area contributed by atoms with E-state index in [9.17, 15) is 0 Å². The number of hydrogen-bond acceptors (Lipinski definition) is 2. The molecule has 13 heavy (non-hydrogen) atoms. The third kappa shape index (κ3) is 3.33. The summed E-state index contributed by atoms with van der Waals surface area (Å²) in [5, 5.41) is 0.719. The Kier molecular flexibility index (Phi) is 3.28. The van der Waals surface area contributed by atoms with E-state index in [1.165, 1.54) is 0 Å². The van der Waals surface area contributed by atoms with E-state index in [4.69, 9.17) is 16.3 Å². The van der Waals surface area contributed by atoms with E-state index in [-0.39, 0.29) is 5.60 Å². The third-order valence-corrected chi connectivity index (χ3v) is 2.17. The average molecular weight is 200 g/mol. The quantitative estimate of drug-likeness (QED) is 0.747. The second-order valence-electron chi connectivity index (χ2n) is 3.61. The van der Waals surface area contributed by atoms with Crippen molar-refractivity contribution in [1.29, 1.82) is 0 Å². The van der Waals surface area contributed by atoms with Crippen molar-refractivity contribution in [1.82, 2.24) is 4.98 Å². The number of hydrogen-bond donors (Lipinski definition) is 0. The zero-order chi connectivity index (χ0) is 9.90. The second kappa shape index (κ2) is 4.07. The molecule has 0 N–H and O–H groups in total. The van der Waals surface area contributed by atoms with Crippen LogP contribution in [0.2, 0.25) is 5.02 Å². The van der Waals surface area contributed by atoms with Gasteiger partial charge in [0.05, 0.1) is 5.60 Å². The lowest BCUT2D eigenvalue weighted by Crippen LogP contribution is -2.25. The molecule has 3 heteroatoms. The summed E-state index contributed by atoms with van der Waals surface area (Å²) in [6, 6.07) is 3.63. The molecule has 0 saturated heterocycles. The average Bonchev–Trinajstić information content (AvgIpc) is 2.03. The fourth-order valence-electron chi connectivity index (χ4n) is 1.05. The van der Waals surface area contributed by atoms with Gasteiger partial charge in [-0.2, -0.15) is 0 Å². The van der Waals surface area contributed by atoms with Gasteiger partial charge in [-0.05, 0) is 26.0 Å². The first-order valence-corrected chi connectivity index (χ1v) is 4.57. The lowest BCUT2D eigenvalue weighted by atomic mass is 10.0. The van der Waals surface area contributed by atoms with Crippen LogP contribution in [0, 0.1) is 0 Å². The topological polar surface area (TPSA) is 22.1 Å². The van der Waals surface area contributed by atoms with E-state index < -0.39 is 0 Å². The van der Waals surface area contributed by atoms with Crippen LogP contribution in [-0.2, 0) is 11.2 Å². The molecule has 1 heterocycles. The number of rotatable bonds is 3. The van der Waals surface area contributed by atoms with Crippen LogP contribution in [0.3, 0.4) is 0 Å². The van der Waals surface area contributed by atoms with Gasteiger partial charge in [-0.3, -0.25) is 4.98 Å². The second-order valence-corrected chi connectivity index (χ2v) is 4.04. The first kappa shape index (κ1) is 10.5. The van der Waals surface area contributed by atoms with Crippen molar-refractivity contribution in [3.8, 4) is 0 Å². The van der Waals surface area contributed by atoms with Crippen LogP contribution >= 0.6 is 11.6 Å². The maximum absolute atomic E-state index is 5.84. The van der Waals surface area contributed by atoms with E-state index in [2.05, 4.69) is 4.98 Å².